The van der Waals surface area contributed by atoms with Crippen molar-refractivity contribution in [2.75, 3.05) is 0 Å². The second-order valence-electron chi connectivity index (χ2n) is 6.02. The van der Waals surface area contributed by atoms with Crippen molar-refractivity contribution in [3.63, 3.8) is 0 Å². The zero-order valence-corrected chi connectivity index (χ0v) is 11.9. The Morgan fingerprint density at radius 3 is 2.35 bits per heavy atom. The fraction of sp³-hybridized carbons (Fsp3) is 0.667. The summed E-state index contributed by atoms with van der Waals surface area (Å²) in [4.78, 5) is 14.2. The van der Waals surface area contributed by atoms with Gasteiger partial charge in [0, 0.05) is 23.7 Å². The van der Waals surface area contributed by atoms with Gasteiger partial charge in [-0.3, -0.25) is 4.79 Å². The van der Waals surface area contributed by atoms with Crippen LogP contribution in [0.3, 0.4) is 0 Å². The largest absolute Gasteiger partial charge is 0.370 e. The first-order valence-corrected chi connectivity index (χ1v) is 6.06. The molecule has 1 rings (SSSR count). The second-order valence-corrected chi connectivity index (χ2v) is 6.41. The van der Waals surface area contributed by atoms with Crippen LogP contribution >= 0.6 is 12.2 Å². The number of amides is 1. The molecule has 4 nitrogen and oxygen atoms in total. The summed E-state index contributed by atoms with van der Waals surface area (Å²) in [7, 11) is 0. The standard InChI is InChI=1S/C12H21N3OS/c1-11(2,3)8-7-14-10(17)15(8)12(4,5)6-9(13)16/h7H,6H2,1-5H3,(H2,13,16)(H,14,17). The minimum absolute atomic E-state index is 0.0392. The first-order valence-electron chi connectivity index (χ1n) is 5.65. The fourth-order valence-corrected chi connectivity index (χ4v) is 2.43. The quantitative estimate of drug-likeness (QED) is 0.815. The van der Waals surface area contributed by atoms with Gasteiger partial charge in [0.05, 0.1) is 5.54 Å². The zero-order valence-electron chi connectivity index (χ0n) is 11.1. The molecule has 0 fully saturated rings. The summed E-state index contributed by atoms with van der Waals surface area (Å²) in [5.74, 6) is -0.321. The summed E-state index contributed by atoms with van der Waals surface area (Å²) < 4.78 is 2.62. The van der Waals surface area contributed by atoms with Crippen LogP contribution < -0.4 is 5.73 Å². The molecule has 0 aliphatic rings. The molecule has 0 spiro atoms. The van der Waals surface area contributed by atoms with Crippen LogP contribution in [0.4, 0.5) is 0 Å². The van der Waals surface area contributed by atoms with Crippen molar-refractivity contribution in [3.05, 3.63) is 16.7 Å². The Hall–Kier alpha value is -1.10. The predicted molar refractivity (Wildman–Crippen MR) is 71.5 cm³/mol. The number of hydrogen-bond donors (Lipinski definition) is 2. The summed E-state index contributed by atoms with van der Waals surface area (Å²) in [5, 5.41) is 0. The van der Waals surface area contributed by atoms with Crippen molar-refractivity contribution in [3.8, 4) is 0 Å². The van der Waals surface area contributed by atoms with E-state index in [9.17, 15) is 4.79 Å². The number of H-pyrrole nitrogens is 1. The number of imidazole rings is 1. The number of aromatic amines is 1. The average molecular weight is 255 g/mol. The Bertz CT molecular complexity index is 477. The SMILES string of the molecule is CC(C)(C)c1c[nH]c(=S)n1C(C)(C)CC(N)=O. The third kappa shape index (κ3) is 2.97. The molecule has 1 heterocycles. The van der Waals surface area contributed by atoms with Gasteiger partial charge in [-0.15, -0.1) is 0 Å². The number of rotatable bonds is 3. The number of carbonyl (C=O) groups excluding carboxylic acids is 1. The molecule has 5 heteroatoms. The Morgan fingerprint density at radius 2 is 1.94 bits per heavy atom. The zero-order chi connectivity index (χ0) is 13.4. The van der Waals surface area contributed by atoms with E-state index in [-0.39, 0.29) is 17.7 Å². The summed E-state index contributed by atoms with van der Waals surface area (Å²) in [5.41, 5.74) is 5.92. The Labute approximate surface area is 107 Å². The molecule has 1 aromatic rings. The van der Waals surface area contributed by atoms with Gasteiger partial charge in [-0.2, -0.15) is 0 Å². The van der Waals surface area contributed by atoms with Gasteiger partial charge >= 0.3 is 0 Å². The van der Waals surface area contributed by atoms with Crippen LogP contribution in [0.5, 0.6) is 0 Å². The highest BCUT2D eigenvalue weighted by molar-refractivity contribution is 7.71. The molecule has 0 bridgehead atoms. The van der Waals surface area contributed by atoms with Crippen LogP contribution in [-0.2, 0) is 15.7 Å². The third-order valence-electron chi connectivity index (χ3n) is 2.76. The monoisotopic (exact) mass is 255 g/mol. The van der Waals surface area contributed by atoms with Crippen LogP contribution in [-0.4, -0.2) is 15.5 Å². The van der Waals surface area contributed by atoms with E-state index < -0.39 is 5.54 Å². The molecule has 0 aromatic carbocycles. The van der Waals surface area contributed by atoms with Gasteiger partial charge in [0.25, 0.3) is 0 Å². The molecule has 17 heavy (non-hydrogen) atoms. The summed E-state index contributed by atoms with van der Waals surface area (Å²) >= 11 is 5.30. The van der Waals surface area contributed by atoms with Gasteiger partial charge in [0.1, 0.15) is 0 Å². The van der Waals surface area contributed by atoms with Crippen molar-refractivity contribution in [1.29, 1.82) is 0 Å². The highest BCUT2D eigenvalue weighted by Gasteiger charge is 2.30. The van der Waals surface area contributed by atoms with E-state index in [4.69, 9.17) is 18.0 Å². The number of hydrogen-bond acceptors (Lipinski definition) is 2. The van der Waals surface area contributed by atoms with E-state index in [0.29, 0.717) is 4.77 Å². The van der Waals surface area contributed by atoms with E-state index in [1.807, 2.05) is 24.6 Å². The molecule has 0 aliphatic carbocycles. The van der Waals surface area contributed by atoms with E-state index in [1.54, 1.807) is 0 Å². The number of carbonyl (C=O) groups is 1. The molecule has 1 amide bonds. The van der Waals surface area contributed by atoms with Crippen LogP contribution in [0.25, 0.3) is 0 Å². The van der Waals surface area contributed by atoms with Crippen LogP contribution in [0.1, 0.15) is 46.7 Å². The normalized spacial score (nSPS) is 12.8. The highest BCUT2D eigenvalue weighted by atomic mass is 32.1. The van der Waals surface area contributed by atoms with Gasteiger partial charge in [-0.05, 0) is 26.1 Å². The van der Waals surface area contributed by atoms with E-state index in [2.05, 4.69) is 25.8 Å². The Kier molecular flexibility index (Phi) is 3.52. The van der Waals surface area contributed by atoms with Gasteiger partial charge in [0.2, 0.25) is 5.91 Å². The molecule has 0 unspecified atom stereocenters. The van der Waals surface area contributed by atoms with E-state index >= 15 is 0 Å². The van der Waals surface area contributed by atoms with Gasteiger partial charge < -0.3 is 15.3 Å². The number of nitrogens with zero attached hydrogens (tertiary/aromatic N) is 1. The fourth-order valence-electron chi connectivity index (χ4n) is 2.03. The lowest BCUT2D eigenvalue weighted by Gasteiger charge is -2.31. The molecule has 0 aliphatic heterocycles. The van der Waals surface area contributed by atoms with Crippen molar-refractivity contribution in [1.82, 2.24) is 9.55 Å². The molecule has 1 aromatic heterocycles. The maximum Gasteiger partial charge on any atom is 0.219 e. The van der Waals surface area contributed by atoms with Crippen molar-refractivity contribution in [2.24, 2.45) is 5.73 Å². The number of nitrogens with one attached hydrogen (secondary N) is 1. The average Bonchev–Trinajstić information content (AvgIpc) is 2.43. The molecule has 0 saturated heterocycles. The van der Waals surface area contributed by atoms with Crippen molar-refractivity contribution in [2.45, 2.75) is 52.0 Å². The third-order valence-corrected chi connectivity index (χ3v) is 3.06. The Balaban J connectivity index is 3.35. The van der Waals surface area contributed by atoms with E-state index in [1.165, 1.54) is 0 Å². The van der Waals surface area contributed by atoms with Crippen LogP contribution in [0.2, 0.25) is 0 Å². The lowest BCUT2D eigenvalue weighted by atomic mass is 9.90. The van der Waals surface area contributed by atoms with E-state index in [0.717, 1.165) is 5.69 Å². The Morgan fingerprint density at radius 1 is 1.41 bits per heavy atom. The topological polar surface area (TPSA) is 63.8 Å². The number of nitrogens with two attached hydrogens (primary N) is 1. The minimum Gasteiger partial charge on any atom is -0.370 e. The molecular formula is C12H21N3OS. The molecule has 0 atom stereocenters. The molecule has 3 N–H and O–H groups in total. The first kappa shape index (κ1) is 14.0. The summed E-state index contributed by atoms with van der Waals surface area (Å²) in [6, 6.07) is 0. The number of aromatic nitrogens is 2. The van der Waals surface area contributed by atoms with Crippen LogP contribution in [0, 0.1) is 4.77 Å². The van der Waals surface area contributed by atoms with Crippen LogP contribution in [0.15, 0.2) is 6.20 Å². The maximum atomic E-state index is 11.1. The molecule has 0 saturated carbocycles. The predicted octanol–water partition coefficient (Wildman–Crippen LogP) is 2.45. The smallest absolute Gasteiger partial charge is 0.219 e. The van der Waals surface area contributed by atoms with Gasteiger partial charge in [-0.25, -0.2) is 0 Å². The molecule has 0 radical (unpaired) electrons. The molecule has 96 valence electrons. The first-order chi connectivity index (χ1) is 7.55. The van der Waals surface area contributed by atoms with Gasteiger partial charge in [-0.1, -0.05) is 20.8 Å². The van der Waals surface area contributed by atoms with Crippen molar-refractivity contribution >= 4 is 18.1 Å². The second kappa shape index (κ2) is 4.29. The van der Waals surface area contributed by atoms with Crippen molar-refractivity contribution < 1.29 is 4.79 Å². The summed E-state index contributed by atoms with van der Waals surface area (Å²) in [6.07, 6.45) is 2.17. The van der Waals surface area contributed by atoms with Gasteiger partial charge in [0.15, 0.2) is 4.77 Å². The summed E-state index contributed by atoms with van der Waals surface area (Å²) in [6.45, 7) is 10.3. The minimum atomic E-state index is -0.411. The lowest BCUT2D eigenvalue weighted by molar-refractivity contribution is -0.119. The highest BCUT2D eigenvalue weighted by Crippen LogP contribution is 2.29. The molecular weight excluding hydrogens is 234 g/mol. The lowest BCUT2D eigenvalue weighted by Crippen LogP contribution is -2.35. The number of primary amides is 1. The maximum absolute atomic E-state index is 11.1.